The van der Waals surface area contributed by atoms with E-state index in [0.717, 1.165) is 12.8 Å². The molecule has 2 rings (SSSR count). The summed E-state index contributed by atoms with van der Waals surface area (Å²) in [5.74, 6) is 0.295. The van der Waals surface area contributed by atoms with Gasteiger partial charge in [0, 0.05) is 6.04 Å². The fourth-order valence-electron chi connectivity index (χ4n) is 2.55. The van der Waals surface area contributed by atoms with Crippen LogP contribution in [0.25, 0.3) is 0 Å². The number of carbonyl (C=O) groups is 2. The van der Waals surface area contributed by atoms with Crippen LogP contribution in [0, 0.1) is 11.3 Å². The minimum absolute atomic E-state index is 0.0161. The van der Waals surface area contributed by atoms with Crippen molar-refractivity contribution in [3.63, 3.8) is 0 Å². The Morgan fingerprint density at radius 1 is 1.47 bits per heavy atom. The molecule has 1 saturated carbocycles. The first-order valence-corrected chi connectivity index (χ1v) is 6.46. The maximum absolute atomic E-state index is 12.4. The van der Waals surface area contributed by atoms with Gasteiger partial charge in [0.05, 0.1) is 6.54 Å². The van der Waals surface area contributed by atoms with Gasteiger partial charge in [0.15, 0.2) is 0 Å². The summed E-state index contributed by atoms with van der Waals surface area (Å²) < 4.78 is 0. The Bertz CT molecular complexity index is 351. The molecule has 2 aliphatic rings. The first kappa shape index (κ1) is 12.4. The van der Waals surface area contributed by atoms with E-state index >= 15 is 0 Å². The molecule has 4 heteroatoms. The topological polar surface area (TPSA) is 49.4 Å². The van der Waals surface area contributed by atoms with E-state index in [0.29, 0.717) is 0 Å². The second kappa shape index (κ2) is 4.00. The van der Waals surface area contributed by atoms with E-state index in [2.05, 4.69) is 19.2 Å². The maximum atomic E-state index is 12.4. The normalized spacial score (nSPS) is 33.3. The Balaban J connectivity index is 2.13. The Kier molecular flexibility index (Phi) is 2.92. The number of hydrogen-bond donors (Lipinski definition) is 1. The molecule has 0 radical (unpaired) electrons. The molecule has 0 spiro atoms. The van der Waals surface area contributed by atoms with Gasteiger partial charge in [-0.25, -0.2) is 0 Å². The van der Waals surface area contributed by atoms with Crippen LogP contribution in [0.1, 0.15) is 40.5 Å². The standard InChI is InChI=1S/C13H22N2O2/c1-5-8(2)11-12(17)15(7-10(16)14-11)9-6-13(9,3)4/h8-9,11H,5-7H2,1-4H3,(H,14,16). The monoisotopic (exact) mass is 238 g/mol. The highest BCUT2D eigenvalue weighted by Crippen LogP contribution is 2.49. The summed E-state index contributed by atoms with van der Waals surface area (Å²) in [6, 6.07) is -0.0646. The highest BCUT2D eigenvalue weighted by molar-refractivity contribution is 5.95. The van der Waals surface area contributed by atoms with Gasteiger partial charge in [0.1, 0.15) is 6.04 Å². The van der Waals surface area contributed by atoms with Crippen LogP contribution in [0.15, 0.2) is 0 Å². The summed E-state index contributed by atoms with van der Waals surface area (Å²) in [4.78, 5) is 25.8. The van der Waals surface area contributed by atoms with Gasteiger partial charge in [0.25, 0.3) is 0 Å². The van der Waals surface area contributed by atoms with Gasteiger partial charge in [-0.3, -0.25) is 9.59 Å². The second-order valence-corrected chi connectivity index (χ2v) is 6.11. The first-order valence-electron chi connectivity index (χ1n) is 6.46. The first-order chi connectivity index (χ1) is 7.86. The molecule has 3 unspecified atom stereocenters. The zero-order valence-corrected chi connectivity index (χ0v) is 11.1. The summed E-state index contributed by atoms with van der Waals surface area (Å²) in [5, 5.41) is 2.83. The van der Waals surface area contributed by atoms with Crippen LogP contribution < -0.4 is 5.32 Å². The molecule has 3 atom stereocenters. The lowest BCUT2D eigenvalue weighted by Gasteiger charge is -2.36. The van der Waals surface area contributed by atoms with Crippen LogP contribution in [0.5, 0.6) is 0 Å². The van der Waals surface area contributed by atoms with Gasteiger partial charge >= 0.3 is 0 Å². The van der Waals surface area contributed by atoms with Crippen LogP contribution in [0.4, 0.5) is 0 Å². The minimum Gasteiger partial charge on any atom is -0.342 e. The highest BCUT2D eigenvalue weighted by Gasteiger charge is 2.53. The van der Waals surface area contributed by atoms with Gasteiger partial charge in [-0.05, 0) is 17.8 Å². The third-order valence-electron chi connectivity index (χ3n) is 4.23. The van der Waals surface area contributed by atoms with Crippen molar-refractivity contribution in [2.45, 2.75) is 52.6 Å². The summed E-state index contributed by atoms with van der Waals surface area (Å²) in [5.41, 5.74) is 0.188. The van der Waals surface area contributed by atoms with Crippen molar-refractivity contribution in [3.8, 4) is 0 Å². The summed E-state index contributed by atoms with van der Waals surface area (Å²) in [7, 11) is 0. The summed E-state index contributed by atoms with van der Waals surface area (Å²) in [6.45, 7) is 8.60. The van der Waals surface area contributed by atoms with E-state index in [9.17, 15) is 9.59 Å². The maximum Gasteiger partial charge on any atom is 0.246 e. The van der Waals surface area contributed by atoms with Crippen molar-refractivity contribution in [2.75, 3.05) is 6.54 Å². The van der Waals surface area contributed by atoms with Crippen molar-refractivity contribution in [3.05, 3.63) is 0 Å². The largest absolute Gasteiger partial charge is 0.342 e. The number of nitrogens with one attached hydrogen (secondary N) is 1. The van der Waals surface area contributed by atoms with Crippen LogP contribution in [-0.2, 0) is 9.59 Å². The molecule has 96 valence electrons. The highest BCUT2D eigenvalue weighted by atomic mass is 16.2. The molecule has 1 saturated heterocycles. The Labute approximate surface area is 103 Å². The van der Waals surface area contributed by atoms with Gasteiger partial charge in [-0.15, -0.1) is 0 Å². The van der Waals surface area contributed by atoms with E-state index in [1.807, 2.05) is 13.8 Å². The Hall–Kier alpha value is -1.06. The van der Waals surface area contributed by atoms with Gasteiger partial charge in [-0.2, -0.15) is 0 Å². The van der Waals surface area contributed by atoms with E-state index in [1.54, 1.807) is 4.90 Å². The number of amides is 2. The smallest absolute Gasteiger partial charge is 0.246 e. The Morgan fingerprint density at radius 2 is 2.06 bits per heavy atom. The molecule has 1 aliphatic heterocycles. The molecule has 0 aromatic carbocycles. The van der Waals surface area contributed by atoms with E-state index in [-0.39, 0.29) is 41.8 Å². The van der Waals surface area contributed by atoms with Crippen molar-refractivity contribution < 1.29 is 9.59 Å². The van der Waals surface area contributed by atoms with Gasteiger partial charge in [-0.1, -0.05) is 34.1 Å². The van der Waals surface area contributed by atoms with Crippen LogP contribution in [-0.4, -0.2) is 35.3 Å². The van der Waals surface area contributed by atoms with Crippen molar-refractivity contribution >= 4 is 11.8 Å². The quantitative estimate of drug-likeness (QED) is 0.802. The number of carbonyl (C=O) groups excluding carboxylic acids is 2. The van der Waals surface area contributed by atoms with Crippen molar-refractivity contribution in [2.24, 2.45) is 11.3 Å². The van der Waals surface area contributed by atoms with E-state index in [4.69, 9.17) is 0 Å². The molecular formula is C13H22N2O2. The molecule has 1 aliphatic carbocycles. The predicted molar refractivity (Wildman–Crippen MR) is 65.3 cm³/mol. The number of hydrogen-bond acceptors (Lipinski definition) is 2. The van der Waals surface area contributed by atoms with Crippen LogP contribution >= 0.6 is 0 Å². The van der Waals surface area contributed by atoms with Gasteiger partial charge in [0.2, 0.25) is 11.8 Å². The van der Waals surface area contributed by atoms with Gasteiger partial charge < -0.3 is 10.2 Å². The fraction of sp³-hybridized carbons (Fsp3) is 0.846. The molecule has 1 heterocycles. The Morgan fingerprint density at radius 3 is 2.53 bits per heavy atom. The molecule has 1 N–H and O–H groups in total. The summed E-state index contributed by atoms with van der Waals surface area (Å²) in [6.07, 6.45) is 1.91. The second-order valence-electron chi connectivity index (χ2n) is 6.11. The lowest BCUT2D eigenvalue weighted by Crippen LogP contribution is -2.61. The number of rotatable bonds is 3. The molecule has 0 bridgehead atoms. The third-order valence-corrected chi connectivity index (χ3v) is 4.23. The number of piperazine rings is 1. The average Bonchev–Trinajstić information content (AvgIpc) is 2.89. The molecule has 0 aromatic heterocycles. The molecule has 2 fully saturated rings. The average molecular weight is 238 g/mol. The van der Waals surface area contributed by atoms with Crippen molar-refractivity contribution in [1.82, 2.24) is 10.2 Å². The lowest BCUT2D eigenvalue weighted by atomic mass is 9.96. The molecule has 4 nitrogen and oxygen atoms in total. The van der Waals surface area contributed by atoms with E-state index < -0.39 is 0 Å². The fourth-order valence-corrected chi connectivity index (χ4v) is 2.55. The number of nitrogens with zero attached hydrogens (tertiary/aromatic N) is 1. The van der Waals surface area contributed by atoms with Crippen LogP contribution in [0.3, 0.4) is 0 Å². The predicted octanol–water partition coefficient (Wildman–Crippen LogP) is 1.16. The van der Waals surface area contributed by atoms with Crippen LogP contribution in [0.2, 0.25) is 0 Å². The third kappa shape index (κ3) is 2.17. The molecule has 17 heavy (non-hydrogen) atoms. The molecule has 0 aromatic rings. The zero-order valence-electron chi connectivity index (χ0n) is 11.1. The van der Waals surface area contributed by atoms with Crippen molar-refractivity contribution in [1.29, 1.82) is 0 Å². The summed E-state index contributed by atoms with van der Waals surface area (Å²) >= 11 is 0. The SMILES string of the molecule is CCC(C)C1NC(=O)CN(C2CC2(C)C)C1=O. The van der Waals surface area contributed by atoms with E-state index in [1.165, 1.54) is 0 Å². The molecule has 2 amide bonds. The zero-order chi connectivity index (χ0) is 12.8. The minimum atomic E-state index is -0.322. The lowest BCUT2D eigenvalue weighted by molar-refractivity contribution is -0.146. The molecular weight excluding hydrogens is 216 g/mol.